The molecule has 5 heteroatoms. The van der Waals surface area contributed by atoms with E-state index in [0.29, 0.717) is 5.88 Å². The third kappa shape index (κ3) is 5.17. The summed E-state index contributed by atoms with van der Waals surface area (Å²) < 4.78 is 0. The van der Waals surface area contributed by atoms with Crippen LogP contribution >= 0.6 is 34.3 Å². The van der Waals surface area contributed by atoms with Gasteiger partial charge in [0, 0.05) is 16.8 Å². The SMILES string of the molecule is CCN(CCCCc1nc(CCl)cs1)Cc1cccs1. The molecule has 0 aromatic carbocycles. The molecule has 0 aliphatic heterocycles. The van der Waals surface area contributed by atoms with Gasteiger partial charge < -0.3 is 0 Å². The number of hydrogen-bond acceptors (Lipinski definition) is 4. The molecule has 2 aromatic rings. The van der Waals surface area contributed by atoms with Crippen molar-refractivity contribution in [2.24, 2.45) is 0 Å². The quantitative estimate of drug-likeness (QED) is 0.486. The minimum atomic E-state index is 0.529. The van der Waals surface area contributed by atoms with Gasteiger partial charge in [-0.2, -0.15) is 0 Å². The van der Waals surface area contributed by atoms with Crippen LogP contribution in [0.4, 0.5) is 0 Å². The summed E-state index contributed by atoms with van der Waals surface area (Å²) in [6, 6.07) is 4.35. The summed E-state index contributed by atoms with van der Waals surface area (Å²) in [6.45, 7) is 5.61. The van der Waals surface area contributed by atoms with E-state index < -0.39 is 0 Å². The van der Waals surface area contributed by atoms with E-state index in [-0.39, 0.29) is 0 Å². The Morgan fingerprint density at radius 1 is 1.30 bits per heavy atom. The molecule has 0 saturated heterocycles. The van der Waals surface area contributed by atoms with Gasteiger partial charge in [-0.05, 0) is 43.8 Å². The van der Waals surface area contributed by atoms with Gasteiger partial charge in [-0.25, -0.2) is 4.98 Å². The van der Waals surface area contributed by atoms with Crippen LogP contribution in [0, 0.1) is 0 Å². The monoisotopic (exact) mass is 328 g/mol. The van der Waals surface area contributed by atoms with Crippen molar-refractivity contribution in [2.75, 3.05) is 13.1 Å². The van der Waals surface area contributed by atoms with E-state index in [1.165, 1.54) is 29.3 Å². The second-order valence-electron chi connectivity index (χ2n) is 4.77. The highest BCUT2D eigenvalue weighted by Gasteiger charge is 2.05. The number of aryl methyl sites for hydroxylation is 1. The summed E-state index contributed by atoms with van der Waals surface area (Å²) in [6.07, 6.45) is 3.52. The van der Waals surface area contributed by atoms with Gasteiger partial charge in [-0.3, -0.25) is 4.90 Å². The number of nitrogens with zero attached hydrogens (tertiary/aromatic N) is 2. The predicted molar refractivity (Wildman–Crippen MR) is 89.9 cm³/mol. The molecule has 0 aliphatic carbocycles. The maximum absolute atomic E-state index is 5.77. The maximum Gasteiger partial charge on any atom is 0.0928 e. The highest BCUT2D eigenvalue weighted by molar-refractivity contribution is 7.10. The van der Waals surface area contributed by atoms with Crippen LogP contribution in [-0.4, -0.2) is 23.0 Å². The second kappa shape index (κ2) is 8.78. The smallest absolute Gasteiger partial charge is 0.0928 e. The zero-order valence-electron chi connectivity index (χ0n) is 11.8. The van der Waals surface area contributed by atoms with Gasteiger partial charge in [0.15, 0.2) is 0 Å². The van der Waals surface area contributed by atoms with Gasteiger partial charge in [0.2, 0.25) is 0 Å². The Balaban J connectivity index is 1.66. The van der Waals surface area contributed by atoms with Crippen molar-refractivity contribution >= 4 is 34.3 Å². The van der Waals surface area contributed by atoms with Crippen molar-refractivity contribution in [3.63, 3.8) is 0 Å². The summed E-state index contributed by atoms with van der Waals surface area (Å²) in [5.74, 6) is 0.529. The van der Waals surface area contributed by atoms with E-state index in [1.54, 1.807) is 11.3 Å². The third-order valence-corrected chi connectivity index (χ3v) is 5.35. The van der Waals surface area contributed by atoms with Gasteiger partial charge in [0.05, 0.1) is 16.6 Å². The average Bonchev–Trinajstić information content (AvgIpc) is 3.13. The van der Waals surface area contributed by atoms with E-state index in [0.717, 1.165) is 25.2 Å². The highest BCUT2D eigenvalue weighted by Crippen LogP contribution is 2.15. The van der Waals surface area contributed by atoms with E-state index in [9.17, 15) is 0 Å². The molecule has 20 heavy (non-hydrogen) atoms. The van der Waals surface area contributed by atoms with E-state index in [2.05, 4.69) is 39.7 Å². The van der Waals surface area contributed by atoms with Gasteiger partial charge >= 0.3 is 0 Å². The standard InChI is InChI=1S/C15H21ClN2S2/c1-2-18(11-14-6-5-9-19-14)8-4-3-7-15-17-13(10-16)12-20-15/h5-6,9,12H,2-4,7-8,10-11H2,1H3. The van der Waals surface area contributed by atoms with Crippen molar-refractivity contribution in [1.82, 2.24) is 9.88 Å². The molecule has 0 aliphatic rings. The van der Waals surface area contributed by atoms with Crippen LogP contribution in [0.25, 0.3) is 0 Å². The zero-order chi connectivity index (χ0) is 14.2. The normalized spacial score (nSPS) is 11.3. The number of thiazole rings is 1. The topological polar surface area (TPSA) is 16.1 Å². The first kappa shape index (κ1) is 16.0. The summed E-state index contributed by atoms with van der Waals surface area (Å²) in [4.78, 5) is 8.47. The first-order valence-corrected chi connectivity index (χ1v) is 9.35. The fraction of sp³-hybridized carbons (Fsp3) is 0.533. The van der Waals surface area contributed by atoms with Crippen LogP contribution in [0.3, 0.4) is 0 Å². The predicted octanol–water partition coefficient (Wildman–Crippen LogP) is 4.79. The zero-order valence-corrected chi connectivity index (χ0v) is 14.2. The van der Waals surface area contributed by atoms with Crippen LogP contribution in [0.1, 0.15) is 35.3 Å². The Morgan fingerprint density at radius 2 is 2.20 bits per heavy atom. The number of aromatic nitrogens is 1. The first-order valence-electron chi connectivity index (χ1n) is 7.05. The Morgan fingerprint density at radius 3 is 2.85 bits per heavy atom. The maximum atomic E-state index is 5.77. The van der Waals surface area contributed by atoms with Crippen molar-refractivity contribution < 1.29 is 0 Å². The van der Waals surface area contributed by atoms with Crippen LogP contribution in [0.5, 0.6) is 0 Å². The summed E-state index contributed by atoms with van der Waals surface area (Å²) in [5.41, 5.74) is 1.01. The molecule has 0 radical (unpaired) electrons. The number of hydrogen-bond donors (Lipinski definition) is 0. The molecular formula is C15H21ClN2S2. The van der Waals surface area contributed by atoms with E-state index in [1.807, 2.05) is 11.3 Å². The van der Waals surface area contributed by atoms with Crippen LogP contribution in [0.2, 0.25) is 0 Å². The Hall–Kier alpha value is -0.420. The average molecular weight is 329 g/mol. The second-order valence-corrected chi connectivity index (χ2v) is 7.01. The number of alkyl halides is 1. The number of rotatable bonds is 9. The van der Waals surface area contributed by atoms with E-state index >= 15 is 0 Å². The lowest BCUT2D eigenvalue weighted by atomic mass is 10.2. The molecule has 0 spiro atoms. The lowest BCUT2D eigenvalue weighted by Crippen LogP contribution is -2.23. The van der Waals surface area contributed by atoms with E-state index in [4.69, 9.17) is 11.6 Å². The first-order chi connectivity index (χ1) is 9.81. The lowest BCUT2D eigenvalue weighted by molar-refractivity contribution is 0.276. The largest absolute Gasteiger partial charge is 0.299 e. The lowest BCUT2D eigenvalue weighted by Gasteiger charge is -2.19. The van der Waals surface area contributed by atoms with Crippen LogP contribution in [0.15, 0.2) is 22.9 Å². The van der Waals surface area contributed by atoms with Crippen molar-refractivity contribution in [2.45, 2.75) is 38.6 Å². The molecule has 0 N–H and O–H groups in total. The summed E-state index contributed by atoms with van der Waals surface area (Å²) in [5, 5.41) is 5.44. The van der Waals surface area contributed by atoms with Gasteiger partial charge in [0.25, 0.3) is 0 Å². The minimum Gasteiger partial charge on any atom is -0.299 e. The Kier molecular flexibility index (Phi) is 7.00. The Labute approximate surface area is 134 Å². The molecule has 0 fully saturated rings. The molecule has 0 amide bonds. The number of thiophene rings is 1. The fourth-order valence-electron chi connectivity index (χ4n) is 2.11. The number of unbranched alkanes of at least 4 members (excludes halogenated alkanes) is 1. The van der Waals surface area contributed by atoms with Gasteiger partial charge in [-0.1, -0.05) is 13.0 Å². The molecule has 110 valence electrons. The van der Waals surface area contributed by atoms with Crippen molar-refractivity contribution in [1.29, 1.82) is 0 Å². The highest BCUT2D eigenvalue weighted by atomic mass is 35.5. The van der Waals surface area contributed by atoms with Gasteiger partial charge in [0.1, 0.15) is 0 Å². The van der Waals surface area contributed by atoms with Crippen molar-refractivity contribution in [3.05, 3.63) is 38.5 Å². The molecule has 2 aromatic heterocycles. The molecule has 0 bridgehead atoms. The summed E-state index contributed by atoms with van der Waals surface area (Å²) in [7, 11) is 0. The molecule has 0 saturated carbocycles. The van der Waals surface area contributed by atoms with Crippen LogP contribution in [-0.2, 0) is 18.8 Å². The molecule has 2 heterocycles. The molecule has 0 atom stereocenters. The Bertz CT molecular complexity index is 482. The molecule has 0 unspecified atom stereocenters. The minimum absolute atomic E-state index is 0.529. The van der Waals surface area contributed by atoms with Gasteiger partial charge in [-0.15, -0.1) is 34.3 Å². The van der Waals surface area contributed by atoms with Crippen molar-refractivity contribution in [3.8, 4) is 0 Å². The number of halogens is 1. The molecule has 2 nitrogen and oxygen atoms in total. The van der Waals surface area contributed by atoms with Crippen LogP contribution < -0.4 is 0 Å². The molecule has 2 rings (SSSR count). The third-order valence-electron chi connectivity index (χ3n) is 3.26. The fourth-order valence-corrected chi connectivity index (χ4v) is 3.92. The molecular weight excluding hydrogens is 308 g/mol. The summed E-state index contributed by atoms with van der Waals surface area (Å²) >= 11 is 9.35.